The van der Waals surface area contributed by atoms with Crippen LogP contribution in [0.4, 0.5) is 4.79 Å². The van der Waals surface area contributed by atoms with Crippen LogP contribution in [0.3, 0.4) is 0 Å². The molecular formula is C35H43N3O6. The first-order chi connectivity index (χ1) is 21.2. The third-order valence-corrected chi connectivity index (χ3v) is 8.25. The topological polar surface area (TPSA) is 109 Å². The Bertz CT molecular complexity index is 1450. The number of carbonyl (C=O) groups is 2. The van der Waals surface area contributed by atoms with Crippen LogP contribution in [0.1, 0.15) is 62.4 Å². The highest BCUT2D eigenvalue weighted by molar-refractivity contribution is 5.93. The van der Waals surface area contributed by atoms with Crippen molar-refractivity contribution >= 4 is 28.8 Å². The molecule has 2 fully saturated rings. The largest absolute Gasteiger partial charge is 0.489 e. The van der Waals surface area contributed by atoms with Gasteiger partial charge in [-0.1, -0.05) is 75.4 Å². The zero-order valence-corrected chi connectivity index (χ0v) is 25.8. The molecule has 0 spiro atoms. The lowest BCUT2D eigenvalue weighted by atomic mass is 9.82. The van der Waals surface area contributed by atoms with Gasteiger partial charge in [0, 0.05) is 43.1 Å². The van der Waals surface area contributed by atoms with Crippen LogP contribution >= 0.6 is 0 Å². The molecule has 0 aromatic heterocycles. The van der Waals surface area contributed by atoms with E-state index in [4.69, 9.17) is 14.3 Å². The van der Waals surface area contributed by atoms with E-state index in [2.05, 4.69) is 49.8 Å². The molecule has 5 rings (SSSR count). The molecule has 3 atom stereocenters. The number of hydrogen-bond acceptors (Lipinski definition) is 6. The highest BCUT2D eigenvalue weighted by atomic mass is 16.8. The van der Waals surface area contributed by atoms with Gasteiger partial charge >= 0.3 is 6.09 Å². The molecule has 9 nitrogen and oxygen atoms in total. The minimum atomic E-state index is -0.884. The van der Waals surface area contributed by atoms with E-state index >= 15 is 0 Å². The van der Waals surface area contributed by atoms with E-state index in [0.29, 0.717) is 31.9 Å². The molecule has 3 unspecified atom stereocenters. The van der Waals surface area contributed by atoms with Crippen LogP contribution in [-0.2, 0) is 9.57 Å². The summed E-state index contributed by atoms with van der Waals surface area (Å²) >= 11 is 0. The molecule has 0 bridgehead atoms. The maximum Gasteiger partial charge on any atom is 0.407 e. The molecule has 9 heteroatoms. The molecule has 3 aromatic rings. The Balaban J connectivity index is 1.31. The maximum atomic E-state index is 12.6. The number of likely N-dealkylation sites (tertiary alicyclic amines) is 1. The second-order valence-corrected chi connectivity index (χ2v) is 12.6. The number of hydroxylamine groups is 1. The number of ether oxygens (including phenoxy) is 2. The Morgan fingerprint density at radius 1 is 1.02 bits per heavy atom. The van der Waals surface area contributed by atoms with Crippen molar-refractivity contribution in [2.75, 3.05) is 26.3 Å². The van der Waals surface area contributed by atoms with Crippen LogP contribution < -0.4 is 15.5 Å². The molecular weight excluding hydrogens is 558 g/mol. The van der Waals surface area contributed by atoms with Gasteiger partial charge in [-0.2, -0.15) is 0 Å². The van der Waals surface area contributed by atoms with E-state index in [0.717, 1.165) is 53.3 Å². The molecule has 0 saturated carbocycles. The predicted octanol–water partition coefficient (Wildman–Crippen LogP) is 6.25. The third-order valence-electron chi connectivity index (χ3n) is 8.25. The fraction of sp³-hybridized carbons (Fsp3) is 0.429. The standard InChI is InChI=1S/C35H43N3O6/c1-35(2,3)32-29(18-19-38(32)34(40)41)36-22-25(23-43-30-12-8-10-26-9-4-5-11-28(26)30)21-24-14-16-27(17-15-24)33(39)37-44-31-13-6-7-20-42-31/h4-5,8-12,14-17,21,29,31-32,36H,6-7,13,18-20,22-23H2,1-3H3,(H,37,39)(H,40,41). The van der Waals surface area contributed by atoms with E-state index in [1.807, 2.05) is 42.5 Å². The number of fused-ring (bicyclic) bond motifs is 1. The second kappa shape index (κ2) is 14.2. The second-order valence-electron chi connectivity index (χ2n) is 12.6. The van der Waals surface area contributed by atoms with Gasteiger partial charge in [-0.25, -0.2) is 15.1 Å². The van der Waals surface area contributed by atoms with Gasteiger partial charge in [0.2, 0.25) is 0 Å². The van der Waals surface area contributed by atoms with Crippen LogP contribution in [-0.4, -0.2) is 66.7 Å². The Labute approximate surface area is 259 Å². The number of nitrogens with zero attached hydrogens (tertiary/aromatic N) is 1. The normalized spacial score (nSPS) is 20.9. The quantitative estimate of drug-likeness (QED) is 0.236. The van der Waals surface area contributed by atoms with E-state index in [1.165, 1.54) is 0 Å². The Morgan fingerprint density at radius 3 is 2.52 bits per heavy atom. The van der Waals surface area contributed by atoms with Gasteiger partial charge in [-0.3, -0.25) is 4.79 Å². The van der Waals surface area contributed by atoms with Crippen molar-refractivity contribution in [1.82, 2.24) is 15.7 Å². The number of carboxylic acid groups (broad SMARTS) is 1. The average Bonchev–Trinajstić information content (AvgIpc) is 3.47. The molecule has 2 saturated heterocycles. The van der Waals surface area contributed by atoms with Crippen LogP contribution in [0, 0.1) is 5.41 Å². The van der Waals surface area contributed by atoms with E-state index in [-0.39, 0.29) is 23.4 Å². The summed E-state index contributed by atoms with van der Waals surface area (Å²) in [5.41, 5.74) is 4.68. The van der Waals surface area contributed by atoms with Gasteiger partial charge < -0.3 is 24.8 Å². The number of carbonyl (C=O) groups excluding carboxylic acids is 1. The molecule has 2 aliphatic heterocycles. The van der Waals surface area contributed by atoms with Gasteiger partial charge in [-0.05, 0) is 59.4 Å². The van der Waals surface area contributed by atoms with Crippen molar-refractivity contribution in [1.29, 1.82) is 0 Å². The number of rotatable bonds is 10. The Hall–Kier alpha value is -3.92. The summed E-state index contributed by atoms with van der Waals surface area (Å²) in [5, 5.41) is 15.6. The van der Waals surface area contributed by atoms with Crippen LogP contribution in [0.2, 0.25) is 0 Å². The molecule has 3 aromatic carbocycles. The van der Waals surface area contributed by atoms with Crippen molar-refractivity contribution in [3.63, 3.8) is 0 Å². The van der Waals surface area contributed by atoms with Gasteiger partial charge in [-0.15, -0.1) is 0 Å². The molecule has 44 heavy (non-hydrogen) atoms. The number of nitrogens with one attached hydrogen (secondary N) is 2. The zero-order chi connectivity index (χ0) is 31.1. The van der Waals surface area contributed by atoms with E-state index in [1.54, 1.807) is 17.0 Å². The lowest BCUT2D eigenvalue weighted by Crippen LogP contribution is -2.52. The monoisotopic (exact) mass is 601 g/mol. The van der Waals surface area contributed by atoms with Crippen molar-refractivity contribution in [2.24, 2.45) is 5.41 Å². The van der Waals surface area contributed by atoms with Crippen LogP contribution in [0.5, 0.6) is 5.75 Å². The van der Waals surface area contributed by atoms with E-state index in [9.17, 15) is 14.7 Å². The number of hydrogen-bond donors (Lipinski definition) is 3. The molecule has 3 N–H and O–H groups in total. The van der Waals surface area contributed by atoms with Crippen molar-refractivity contribution in [3.8, 4) is 5.75 Å². The van der Waals surface area contributed by atoms with Crippen LogP contribution in [0.15, 0.2) is 72.3 Å². The molecule has 234 valence electrons. The summed E-state index contributed by atoms with van der Waals surface area (Å²) < 4.78 is 11.9. The van der Waals surface area contributed by atoms with Crippen molar-refractivity contribution in [3.05, 3.63) is 83.4 Å². The first-order valence-electron chi connectivity index (χ1n) is 15.4. The smallest absolute Gasteiger partial charge is 0.407 e. The molecule has 2 aliphatic rings. The lowest BCUT2D eigenvalue weighted by Gasteiger charge is -2.37. The fourth-order valence-corrected chi connectivity index (χ4v) is 6.14. The van der Waals surface area contributed by atoms with Crippen molar-refractivity contribution in [2.45, 2.75) is 64.8 Å². The highest BCUT2D eigenvalue weighted by Crippen LogP contribution is 2.33. The third kappa shape index (κ3) is 7.96. The number of benzene rings is 3. The van der Waals surface area contributed by atoms with Crippen molar-refractivity contribution < 1.29 is 29.0 Å². The highest BCUT2D eigenvalue weighted by Gasteiger charge is 2.43. The average molecular weight is 602 g/mol. The van der Waals surface area contributed by atoms with Gasteiger partial charge in [0.1, 0.15) is 12.4 Å². The molecule has 2 heterocycles. The maximum absolute atomic E-state index is 12.6. The fourth-order valence-electron chi connectivity index (χ4n) is 6.14. The zero-order valence-electron chi connectivity index (χ0n) is 25.8. The van der Waals surface area contributed by atoms with Crippen LogP contribution in [0.25, 0.3) is 16.8 Å². The summed E-state index contributed by atoms with van der Waals surface area (Å²) in [7, 11) is 0. The molecule has 0 radical (unpaired) electrons. The summed E-state index contributed by atoms with van der Waals surface area (Å²) in [5.74, 6) is 0.474. The Kier molecular flexibility index (Phi) is 10.2. The lowest BCUT2D eigenvalue weighted by molar-refractivity contribution is -0.186. The minimum absolute atomic E-state index is 0.00581. The van der Waals surface area contributed by atoms with Gasteiger partial charge in [0.25, 0.3) is 5.91 Å². The number of amides is 2. The molecule has 0 aliphatic carbocycles. The summed E-state index contributed by atoms with van der Waals surface area (Å²) in [6.07, 6.45) is 4.28. The summed E-state index contributed by atoms with van der Waals surface area (Å²) in [4.78, 5) is 31.6. The summed E-state index contributed by atoms with van der Waals surface area (Å²) in [6, 6.07) is 21.3. The van der Waals surface area contributed by atoms with E-state index < -0.39 is 12.4 Å². The summed E-state index contributed by atoms with van der Waals surface area (Å²) in [6.45, 7) is 8.25. The molecule has 2 amide bonds. The minimum Gasteiger partial charge on any atom is -0.489 e. The Morgan fingerprint density at radius 2 is 1.80 bits per heavy atom. The first-order valence-corrected chi connectivity index (χ1v) is 15.4. The van der Waals surface area contributed by atoms with Gasteiger partial charge in [0.05, 0.1) is 6.04 Å². The van der Waals surface area contributed by atoms with Gasteiger partial charge in [0.15, 0.2) is 6.29 Å². The SMILES string of the molecule is CC(C)(C)C1C(NCC(=Cc2ccc(C(=O)NOC3CCCCO3)cc2)COc2cccc3ccccc23)CCN1C(=O)O. The first kappa shape index (κ1) is 31.5. The predicted molar refractivity (Wildman–Crippen MR) is 170 cm³/mol.